The molecule has 0 aliphatic heterocycles. The fourth-order valence-corrected chi connectivity index (χ4v) is 8.37. The first-order valence-corrected chi connectivity index (χ1v) is 12.3. The lowest BCUT2D eigenvalue weighted by atomic mass is 9.47. The summed E-state index contributed by atoms with van der Waals surface area (Å²) in [4.78, 5) is 12.4. The minimum atomic E-state index is -0.301. The number of allylic oxidation sites excluding steroid dienone is 4. The summed E-state index contributed by atoms with van der Waals surface area (Å²) in [7, 11) is 0. The number of carbonyl (C=O) groups excluding carboxylic acids is 1. The molecule has 4 aliphatic carbocycles. The summed E-state index contributed by atoms with van der Waals surface area (Å²) in [5.41, 5.74) is 2.97. The highest BCUT2D eigenvalue weighted by molar-refractivity contribution is 5.90. The molecule has 0 heterocycles. The zero-order valence-electron chi connectivity index (χ0n) is 19.7. The molecule has 0 unspecified atom stereocenters. The normalized spacial score (nSPS) is 46.2. The van der Waals surface area contributed by atoms with Gasteiger partial charge in [0.25, 0.3) is 0 Å². The number of aliphatic hydroxyl groups is 2. The summed E-state index contributed by atoms with van der Waals surface area (Å²) < 4.78 is 0. The van der Waals surface area contributed by atoms with Gasteiger partial charge in [-0.1, -0.05) is 38.0 Å². The molecule has 9 atom stereocenters. The molecule has 3 saturated carbocycles. The molecule has 30 heavy (non-hydrogen) atoms. The van der Waals surface area contributed by atoms with Crippen LogP contribution in [-0.2, 0) is 4.79 Å². The predicted molar refractivity (Wildman–Crippen MR) is 121 cm³/mol. The summed E-state index contributed by atoms with van der Waals surface area (Å²) in [6.45, 7) is 11.1. The summed E-state index contributed by atoms with van der Waals surface area (Å²) in [6, 6.07) is 0. The quantitative estimate of drug-likeness (QED) is 0.474. The molecular weight excluding hydrogens is 372 g/mol. The molecule has 0 amide bonds. The Labute approximate surface area is 183 Å². The van der Waals surface area contributed by atoms with Crippen LogP contribution in [0.1, 0.15) is 86.0 Å². The highest BCUT2D eigenvalue weighted by Gasteiger charge is 2.59. The van der Waals surface area contributed by atoms with Crippen LogP contribution in [0, 0.1) is 40.4 Å². The van der Waals surface area contributed by atoms with E-state index in [1.165, 1.54) is 12.8 Å². The third-order valence-corrected chi connectivity index (χ3v) is 9.75. The Balaban J connectivity index is 1.58. The number of hydrogen-bond acceptors (Lipinski definition) is 3. The largest absolute Gasteiger partial charge is 0.393 e. The minimum absolute atomic E-state index is 0.0476. The molecule has 0 bridgehead atoms. The summed E-state index contributed by atoms with van der Waals surface area (Å²) in [6.07, 6.45) is 11.4. The van der Waals surface area contributed by atoms with Gasteiger partial charge in [0, 0.05) is 6.42 Å². The lowest BCUT2D eigenvalue weighted by molar-refractivity contribution is -0.116. The van der Waals surface area contributed by atoms with Gasteiger partial charge in [-0.3, -0.25) is 4.79 Å². The summed E-state index contributed by atoms with van der Waals surface area (Å²) in [5, 5.41) is 21.3. The van der Waals surface area contributed by atoms with Crippen LogP contribution in [0.4, 0.5) is 0 Å². The Morgan fingerprint density at radius 3 is 2.60 bits per heavy atom. The average molecular weight is 415 g/mol. The Hall–Kier alpha value is -0.930. The standard InChI is InChI=1S/C27H42O3/c1-16(2)12-19(29)13-17(3)21-6-7-22-20-15-25(30)24-14-18(28)8-10-27(24,5)23(20)9-11-26(21,22)4/h9,12,17-18,20-22,24-25,28,30H,6-8,10-11,13-15H2,1-5H3/t17-,18+,20+,21-,22+,24-,25+,26-,27-/m1/s1. The SMILES string of the molecule is CC(C)=CC(=O)C[C@@H](C)[C@H]1CC[C@H]2[C@@H]3C[C@H](O)[C@H]4C[C@@H](O)CC[C@]4(C)C3=CC[C@]12C. The number of fused-ring (bicyclic) bond motifs is 5. The van der Waals surface area contributed by atoms with Crippen molar-refractivity contribution in [1.29, 1.82) is 0 Å². The van der Waals surface area contributed by atoms with Crippen molar-refractivity contribution < 1.29 is 15.0 Å². The van der Waals surface area contributed by atoms with Gasteiger partial charge in [0.05, 0.1) is 12.2 Å². The number of aliphatic hydroxyl groups excluding tert-OH is 2. The van der Waals surface area contributed by atoms with E-state index in [1.807, 2.05) is 13.8 Å². The zero-order valence-corrected chi connectivity index (χ0v) is 19.7. The van der Waals surface area contributed by atoms with Gasteiger partial charge < -0.3 is 10.2 Å². The summed E-state index contributed by atoms with van der Waals surface area (Å²) >= 11 is 0. The number of carbonyl (C=O) groups is 1. The molecule has 3 fully saturated rings. The fraction of sp³-hybridized carbons (Fsp3) is 0.815. The van der Waals surface area contributed by atoms with Crippen molar-refractivity contribution in [3.05, 3.63) is 23.3 Å². The average Bonchev–Trinajstić information content (AvgIpc) is 3.00. The smallest absolute Gasteiger partial charge is 0.155 e. The monoisotopic (exact) mass is 414 g/mol. The van der Waals surface area contributed by atoms with E-state index in [9.17, 15) is 15.0 Å². The molecule has 0 aromatic heterocycles. The van der Waals surface area contributed by atoms with E-state index < -0.39 is 0 Å². The minimum Gasteiger partial charge on any atom is -0.393 e. The van der Waals surface area contributed by atoms with E-state index in [2.05, 4.69) is 26.8 Å². The van der Waals surface area contributed by atoms with Crippen LogP contribution in [0.3, 0.4) is 0 Å². The van der Waals surface area contributed by atoms with Crippen LogP contribution in [-0.4, -0.2) is 28.2 Å². The van der Waals surface area contributed by atoms with E-state index in [-0.39, 0.29) is 34.7 Å². The van der Waals surface area contributed by atoms with Crippen LogP contribution < -0.4 is 0 Å². The highest BCUT2D eigenvalue weighted by atomic mass is 16.3. The van der Waals surface area contributed by atoms with E-state index in [0.717, 1.165) is 37.7 Å². The molecule has 3 heteroatoms. The van der Waals surface area contributed by atoms with Crippen molar-refractivity contribution in [3.8, 4) is 0 Å². The molecule has 0 aromatic rings. The number of ketones is 1. The van der Waals surface area contributed by atoms with Gasteiger partial charge in [-0.15, -0.1) is 0 Å². The molecule has 2 N–H and O–H groups in total. The number of hydrogen-bond donors (Lipinski definition) is 2. The second-order valence-electron chi connectivity index (χ2n) is 11.9. The molecule has 168 valence electrons. The third kappa shape index (κ3) is 3.54. The lowest BCUT2D eigenvalue weighted by Crippen LogP contribution is -2.53. The first-order valence-electron chi connectivity index (χ1n) is 12.3. The van der Waals surface area contributed by atoms with Gasteiger partial charge in [0.15, 0.2) is 5.78 Å². The third-order valence-electron chi connectivity index (χ3n) is 9.75. The van der Waals surface area contributed by atoms with Crippen LogP contribution in [0.15, 0.2) is 23.3 Å². The molecule has 0 spiro atoms. The maximum absolute atomic E-state index is 12.4. The van der Waals surface area contributed by atoms with Gasteiger partial charge in [0.1, 0.15) is 0 Å². The van der Waals surface area contributed by atoms with Crippen LogP contribution in [0.25, 0.3) is 0 Å². The maximum Gasteiger partial charge on any atom is 0.155 e. The van der Waals surface area contributed by atoms with Crippen LogP contribution in [0.2, 0.25) is 0 Å². The fourth-order valence-electron chi connectivity index (χ4n) is 8.37. The highest BCUT2D eigenvalue weighted by Crippen LogP contribution is 2.66. The second kappa shape index (κ2) is 7.89. The van der Waals surface area contributed by atoms with Crippen molar-refractivity contribution in [2.75, 3.05) is 0 Å². The number of rotatable bonds is 4. The molecule has 0 aromatic carbocycles. The molecule has 0 radical (unpaired) electrons. The molecule has 4 aliphatic rings. The van der Waals surface area contributed by atoms with E-state index in [0.29, 0.717) is 30.1 Å². The van der Waals surface area contributed by atoms with Crippen molar-refractivity contribution >= 4 is 5.78 Å². The van der Waals surface area contributed by atoms with Crippen LogP contribution >= 0.6 is 0 Å². The van der Waals surface area contributed by atoms with Crippen molar-refractivity contribution in [3.63, 3.8) is 0 Å². The van der Waals surface area contributed by atoms with Crippen molar-refractivity contribution in [2.24, 2.45) is 40.4 Å². The van der Waals surface area contributed by atoms with Crippen molar-refractivity contribution in [2.45, 2.75) is 98.2 Å². The zero-order chi connectivity index (χ0) is 21.8. The molecule has 0 saturated heterocycles. The van der Waals surface area contributed by atoms with Gasteiger partial charge in [-0.25, -0.2) is 0 Å². The molecular formula is C27H42O3. The van der Waals surface area contributed by atoms with Crippen molar-refractivity contribution in [1.82, 2.24) is 0 Å². The molecule has 4 rings (SSSR count). The topological polar surface area (TPSA) is 57.5 Å². The Morgan fingerprint density at radius 2 is 1.90 bits per heavy atom. The molecule has 3 nitrogen and oxygen atoms in total. The van der Waals surface area contributed by atoms with E-state index in [1.54, 1.807) is 11.6 Å². The van der Waals surface area contributed by atoms with Gasteiger partial charge in [-0.05, 0) is 105 Å². The Morgan fingerprint density at radius 1 is 1.17 bits per heavy atom. The Bertz CT molecular complexity index is 747. The first-order chi connectivity index (χ1) is 14.1. The predicted octanol–water partition coefficient (Wildman–Crippen LogP) is 5.46. The van der Waals surface area contributed by atoms with Gasteiger partial charge in [0.2, 0.25) is 0 Å². The first kappa shape index (κ1) is 22.3. The Kier molecular flexibility index (Phi) is 5.85. The van der Waals surface area contributed by atoms with Gasteiger partial charge in [-0.2, -0.15) is 0 Å². The van der Waals surface area contributed by atoms with E-state index in [4.69, 9.17) is 0 Å². The summed E-state index contributed by atoms with van der Waals surface area (Å²) in [5.74, 6) is 2.53. The maximum atomic E-state index is 12.4. The van der Waals surface area contributed by atoms with Gasteiger partial charge >= 0.3 is 0 Å². The lowest BCUT2D eigenvalue weighted by Gasteiger charge is -2.58. The van der Waals surface area contributed by atoms with E-state index >= 15 is 0 Å². The second-order valence-corrected chi connectivity index (χ2v) is 11.9. The van der Waals surface area contributed by atoms with Crippen LogP contribution in [0.5, 0.6) is 0 Å².